The molecule has 3 aromatic rings. The maximum Gasteiger partial charge on any atom is 0.274 e. The molecule has 0 saturated heterocycles. The molecule has 1 aliphatic carbocycles. The van der Waals surface area contributed by atoms with Crippen LogP contribution in [0.15, 0.2) is 41.5 Å². The third kappa shape index (κ3) is 2.56. The quantitative estimate of drug-likeness (QED) is 0.707. The van der Waals surface area contributed by atoms with Crippen LogP contribution >= 0.6 is 0 Å². The fourth-order valence-electron chi connectivity index (χ4n) is 3.24. The largest absolute Gasteiger partial charge is 0.496 e. The van der Waals surface area contributed by atoms with Crippen molar-refractivity contribution in [3.05, 3.63) is 47.0 Å². The maximum absolute atomic E-state index is 12.7. The summed E-state index contributed by atoms with van der Waals surface area (Å²) in [4.78, 5) is 15.8. The fourth-order valence-corrected chi connectivity index (χ4v) is 3.24. The summed E-state index contributed by atoms with van der Waals surface area (Å²) in [6, 6.07) is 7.51. The van der Waals surface area contributed by atoms with E-state index < -0.39 is 0 Å². The van der Waals surface area contributed by atoms with Gasteiger partial charge in [-0.2, -0.15) is 0 Å². The van der Waals surface area contributed by atoms with Gasteiger partial charge in [0.25, 0.3) is 5.56 Å². The van der Waals surface area contributed by atoms with Gasteiger partial charge < -0.3 is 20.0 Å². The van der Waals surface area contributed by atoms with Gasteiger partial charge >= 0.3 is 0 Å². The number of nitrogens with one attached hydrogen (secondary N) is 1. The summed E-state index contributed by atoms with van der Waals surface area (Å²) >= 11 is 0. The molecular weight excluding hydrogens is 302 g/mol. The third-order valence-corrected chi connectivity index (χ3v) is 4.79. The first kappa shape index (κ1) is 14.9. The van der Waals surface area contributed by atoms with E-state index in [1.165, 1.54) is 12.8 Å². The van der Waals surface area contributed by atoms with Gasteiger partial charge in [-0.05, 0) is 36.6 Å². The van der Waals surface area contributed by atoms with Crippen molar-refractivity contribution in [3.63, 3.8) is 0 Å². The molecule has 4 rings (SSSR count). The van der Waals surface area contributed by atoms with Crippen molar-refractivity contribution >= 4 is 16.6 Å². The number of anilines is 1. The molecule has 0 bridgehead atoms. The van der Waals surface area contributed by atoms with Crippen LogP contribution < -0.4 is 16.0 Å². The lowest BCUT2D eigenvalue weighted by Gasteiger charge is -2.14. The molecular formula is C19H21N3O2. The van der Waals surface area contributed by atoms with Crippen molar-refractivity contribution in [2.24, 2.45) is 5.92 Å². The molecule has 1 aliphatic rings. The van der Waals surface area contributed by atoms with Crippen LogP contribution in [0.4, 0.5) is 5.69 Å². The van der Waals surface area contributed by atoms with Gasteiger partial charge in [0.1, 0.15) is 11.3 Å². The van der Waals surface area contributed by atoms with Crippen molar-refractivity contribution in [1.82, 2.24) is 9.55 Å². The van der Waals surface area contributed by atoms with E-state index in [0.29, 0.717) is 11.2 Å². The number of methoxy groups -OCH3 is 1. The standard InChI is InChI=1S/C19H21N3O2/c1-24-17-5-4-13(20)10-15(17)16-11-22(9-7-12-2-3-12)19(23)18-14(16)6-8-21-18/h4-6,8,10-12,21H,2-3,7,9,20H2,1H3. The van der Waals surface area contributed by atoms with Gasteiger partial charge in [-0.15, -0.1) is 0 Å². The first-order valence-electron chi connectivity index (χ1n) is 8.32. The van der Waals surface area contributed by atoms with Gasteiger partial charge in [0.05, 0.1) is 7.11 Å². The Morgan fingerprint density at radius 1 is 1.29 bits per heavy atom. The number of aromatic amines is 1. The zero-order valence-electron chi connectivity index (χ0n) is 13.7. The number of benzene rings is 1. The van der Waals surface area contributed by atoms with E-state index in [1.54, 1.807) is 13.3 Å². The van der Waals surface area contributed by atoms with Gasteiger partial charge in [-0.25, -0.2) is 0 Å². The maximum atomic E-state index is 12.7. The number of hydrogen-bond donors (Lipinski definition) is 2. The number of nitrogens with two attached hydrogens (primary N) is 1. The highest BCUT2D eigenvalue weighted by molar-refractivity contribution is 5.96. The Balaban J connectivity index is 1.90. The fraction of sp³-hybridized carbons (Fsp3) is 0.316. The van der Waals surface area contributed by atoms with Gasteiger partial charge in [0.2, 0.25) is 0 Å². The predicted octanol–water partition coefficient (Wildman–Crippen LogP) is 3.39. The van der Waals surface area contributed by atoms with Crippen molar-refractivity contribution in [2.45, 2.75) is 25.8 Å². The first-order chi connectivity index (χ1) is 11.7. The average Bonchev–Trinajstić information content (AvgIpc) is 3.28. The molecule has 0 aliphatic heterocycles. The minimum Gasteiger partial charge on any atom is -0.496 e. The average molecular weight is 323 g/mol. The molecule has 0 atom stereocenters. The zero-order chi connectivity index (χ0) is 16.7. The summed E-state index contributed by atoms with van der Waals surface area (Å²) in [6.07, 6.45) is 7.38. The molecule has 124 valence electrons. The summed E-state index contributed by atoms with van der Waals surface area (Å²) in [7, 11) is 1.65. The second-order valence-electron chi connectivity index (χ2n) is 6.50. The van der Waals surface area contributed by atoms with Gasteiger partial charge in [-0.1, -0.05) is 12.8 Å². The molecule has 2 heterocycles. The van der Waals surface area contributed by atoms with E-state index in [1.807, 2.05) is 35.0 Å². The van der Waals surface area contributed by atoms with Crippen molar-refractivity contribution in [3.8, 4) is 16.9 Å². The van der Waals surface area contributed by atoms with E-state index in [9.17, 15) is 4.79 Å². The van der Waals surface area contributed by atoms with Crippen molar-refractivity contribution in [2.75, 3.05) is 12.8 Å². The summed E-state index contributed by atoms with van der Waals surface area (Å²) < 4.78 is 7.32. The van der Waals surface area contributed by atoms with E-state index in [4.69, 9.17) is 10.5 Å². The highest BCUT2D eigenvalue weighted by Crippen LogP contribution is 2.36. The summed E-state index contributed by atoms with van der Waals surface area (Å²) in [5.41, 5.74) is 9.18. The minimum absolute atomic E-state index is 0.0299. The number of nitrogens with zero attached hydrogens (tertiary/aromatic N) is 1. The van der Waals surface area contributed by atoms with Crippen molar-refractivity contribution < 1.29 is 4.74 Å². The summed E-state index contributed by atoms with van der Waals surface area (Å²) in [5.74, 6) is 1.53. The second-order valence-corrected chi connectivity index (χ2v) is 6.50. The molecule has 5 nitrogen and oxygen atoms in total. The molecule has 2 aromatic heterocycles. The molecule has 1 fully saturated rings. The Hall–Kier alpha value is -2.69. The molecule has 24 heavy (non-hydrogen) atoms. The van der Waals surface area contributed by atoms with Crippen LogP contribution in [0, 0.1) is 5.92 Å². The number of nitrogen functional groups attached to an aromatic ring is 1. The molecule has 1 saturated carbocycles. The number of rotatable bonds is 5. The molecule has 0 spiro atoms. The van der Waals surface area contributed by atoms with Crippen LogP contribution in [-0.4, -0.2) is 16.7 Å². The third-order valence-electron chi connectivity index (χ3n) is 4.79. The smallest absolute Gasteiger partial charge is 0.274 e. The van der Waals surface area contributed by atoms with Crippen LogP contribution in [0.3, 0.4) is 0 Å². The topological polar surface area (TPSA) is 73.0 Å². The zero-order valence-corrected chi connectivity index (χ0v) is 13.7. The highest BCUT2D eigenvalue weighted by atomic mass is 16.5. The monoisotopic (exact) mass is 323 g/mol. The molecule has 3 N–H and O–H groups in total. The van der Waals surface area contributed by atoms with Crippen molar-refractivity contribution in [1.29, 1.82) is 0 Å². The number of aromatic nitrogens is 2. The van der Waals surface area contributed by atoms with E-state index in [2.05, 4.69) is 4.98 Å². The Labute approximate surface area is 140 Å². The molecule has 1 aromatic carbocycles. The molecule has 5 heteroatoms. The van der Waals surface area contributed by atoms with Crippen LogP contribution in [0.5, 0.6) is 5.75 Å². The Bertz CT molecular complexity index is 951. The number of aryl methyl sites for hydroxylation is 1. The highest BCUT2D eigenvalue weighted by Gasteiger charge is 2.22. The number of fused-ring (bicyclic) bond motifs is 1. The second kappa shape index (κ2) is 5.74. The normalized spacial score (nSPS) is 14.2. The number of pyridine rings is 1. The summed E-state index contributed by atoms with van der Waals surface area (Å²) in [5, 5.41) is 0.895. The lowest BCUT2D eigenvalue weighted by atomic mass is 10.0. The predicted molar refractivity (Wildman–Crippen MR) is 96.3 cm³/mol. The van der Waals surface area contributed by atoms with Gasteiger partial charge in [0.15, 0.2) is 0 Å². The Morgan fingerprint density at radius 2 is 2.12 bits per heavy atom. The van der Waals surface area contributed by atoms with E-state index >= 15 is 0 Å². The lowest BCUT2D eigenvalue weighted by molar-refractivity contribution is 0.416. The number of H-pyrrole nitrogens is 1. The molecule has 0 radical (unpaired) electrons. The summed E-state index contributed by atoms with van der Waals surface area (Å²) in [6.45, 7) is 0.746. The van der Waals surface area contributed by atoms with E-state index in [-0.39, 0.29) is 5.56 Å². The van der Waals surface area contributed by atoms with Gasteiger partial charge in [-0.3, -0.25) is 4.79 Å². The Kier molecular flexibility index (Phi) is 3.56. The Morgan fingerprint density at radius 3 is 2.88 bits per heavy atom. The van der Waals surface area contributed by atoms with Gasteiger partial charge in [0, 0.05) is 41.1 Å². The first-order valence-corrected chi connectivity index (χ1v) is 8.32. The SMILES string of the molecule is COc1ccc(N)cc1-c1cn(CCC2CC2)c(=O)c2[nH]ccc12. The molecule has 0 unspecified atom stereocenters. The van der Waals surface area contributed by atoms with Crippen LogP contribution in [0.2, 0.25) is 0 Å². The number of ether oxygens (including phenoxy) is 1. The van der Waals surface area contributed by atoms with Crippen LogP contribution in [-0.2, 0) is 6.54 Å². The number of hydrogen-bond acceptors (Lipinski definition) is 3. The van der Waals surface area contributed by atoms with E-state index in [0.717, 1.165) is 41.1 Å². The minimum atomic E-state index is 0.0299. The molecule has 0 amide bonds. The lowest BCUT2D eigenvalue weighted by Crippen LogP contribution is -2.20. The van der Waals surface area contributed by atoms with Crippen LogP contribution in [0.25, 0.3) is 22.0 Å². The van der Waals surface area contributed by atoms with Crippen LogP contribution in [0.1, 0.15) is 19.3 Å².